The van der Waals surface area contributed by atoms with E-state index in [2.05, 4.69) is 30.8 Å². The van der Waals surface area contributed by atoms with Crippen LogP contribution in [0.3, 0.4) is 0 Å². The number of benzene rings is 1. The van der Waals surface area contributed by atoms with Crippen molar-refractivity contribution >= 4 is 11.7 Å². The van der Waals surface area contributed by atoms with Crippen LogP contribution in [0.1, 0.15) is 37.6 Å². The predicted molar refractivity (Wildman–Crippen MR) is 76.6 cm³/mol. The molecule has 1 aromatic carbocycles. The molecule has 0 radical (unpaired) electrons. The van der Waals surface area contributed by atoms with E-state index in [9.17, 15) is 4.79 Å². The molecule has 1 unspecified atom stereocenters. The lowest BCUT2D eigenvalue weighted by atomic mass is 9.99. The Kier molecular flexibility index (Phi) is 5.36. The van der Waals surface area contributed by atoms with Crippen LogP contribution in [0.15, 0.2) is 24.3 Å². The van der Waals surface area contributed by atoms with Crippen LogP contribution in [0.5, 0.6) is 0 Å². The van der Waals surface area contributed by atoms with Crippen LogP contribution in [-0.4, -0.2) is 31.8 Å². The first-order valence-corrected chi connectivity index (χ1v) is 6.38. The quantitative estimate of drug-likeness (QED) is 0.803. The molecule has 0 bridgehead atoms. The van der Waals surface area contributed by atoms with Crippen molar-refractivity contribution in [3.63, 3.8) is 0 Å². The van der Waals surface area contributed by atoms with Gasteiger partial charge in [0.25, 0.3) is 0 Å². The van der Waals surface area contributed by atoms with Crippen molar-refractivity contribution in [3.05, 3.63) is 29.8 Å². The van der Waals surface area contributed by atoms with Crippen LogP contribution in [0.25, 0.3) is 0 Å². The molecule has 0 aliphatic heterocycles. The number of hydrogen-bond donors (Lipinski definition) is 1. The normalized spacial score (nSPS) is 12.9. The third-order valence-electron chi connectivity index (χ3n) is 3.07. The van der Waals surface area contributed by atoms with E-state index in [1.807, 2.05) is 12.1 Å². The number of nitrogens with one attached hydrogen (secondary N) is 1. The third kappa shape index (κ3) is 4.91. The second-order valence-electron chi connectivity index (χ2n) is 5.28. The number of carbonyl (C=O) groups is 1. The van der Waals surface area contributed by atoms with Gasteiger partial charge >= 0.3 is 5.97 Å². The second kappa shape index (κ2) is 6.57. The number of carbonyl (C=O) groups excluding carboxylic acids is 1. The minimum Gasteiger partial charge on any atom is -0.465 e. The average Bonchev–Trinajstić information content (AvgIpc) is 2.38. The molecule has 106 valence electrons. The SMILES string of the molecule is COC(=O)c1ccc(NC(C)CC(C)(C)OC)cc1. The highest BCUT2D eigenvalue weighted by Gasteiger charge is 2.20. The average molecular weight is 265 g/mol. The Labute approximate surface area is 115 Å². The van der Waals surface area contributed by atoms with Crippen LogP contribution in [0.4, 0.5) is 5.69 Å². The summed E-state index contributed by atoms with van der Waals surface area (Å²) >= 11 is 0. The Morgan fingerprint density at radius 1 is 1.26 bits per heavy atom. The van der Waals surface area contributed by atoms with E-state index in [0.717, 1.165) is 12.1 Å². The minimum atomic E-state index is -0.319. The molecule has 0 saturated heterocycles. The van der Waals surface area contributed by atoms with Gasteiger partial charge in [0, 0.05) is 18.8 Å². The van der Waals surface area contributed by atoms with Gasteiger partial charge < -0.3 is 14.8 Å². The summed E-state index contributed by atoms with van der Waals surface area (Å²) in [5.74, 6) is -0.319. The minimum absolute atomic E-state index is 0.154. The molecular formula is C15H23NO3. The van der Waals surface area contributed by atoms with Gasteiger partial charge in [0.05, 0.1) is 18.3 Å². The van der Waals surface area contributed by atoms with Crippen LogP contribution in [0, 0.1) is 0 Å². The summed E-state index contributed by atoms with van der Waals surface area (Å²) in [6.45, 7) is 6.23. The van der Waals surface area contributed by atoms with Crippen molar-refractivity contribution in [1.29, 1.82) is 0 Å². The monoisotopic (exact) mass is 265 g/mol. The molecule has 0 saturated carbocycles. The summed E-state index contributed by atoms with van der Waals surface area (Å²) in [5, 5.41) is 3.38. The summed E-state index contributed by atoms with van der Waals surface area (Å²) in [7, 11) is 3.10. The zero-order valence-corrected chi connectivity index (χ0v) is 12.3. The molecule has 1 N–H and O–H groups in total. The summed E-state index contributed by atoms with van der Waals surface area (Å²) < 4.78 is 10.1. The van der Waals surface area contributed by atoms with Gasteiger partial charge in [0.1, 0.15) is 0 Å². The molecule has 0 spiro atoms. The van der Waals surface area contributed by atoms with Crippen molar-refractivity contribution in [2.75, 3.05) is 19.5 Å². The molecular weight excluding hydrogens is 242 g/mol. The third-order valence-corrected chi connectivity index (χ3v) is 3.07. The number of hydrogen-bond acceptors (Lipinski definition) is 4. The summed E-state index contributed by atoms with van der Waals surface area (Å²) in [6.07, 6.45) is 0.891. The van der Waals surface area contributed by atoms with Gasteiger partial charge in [-0.25, -0.2) is 4.79 Å². The van der Waals surface area contributed by atoms with Crippen molar-refractivity contribution in [2.24, 2.45) is 0 Å². The lowest BCUT2D eigenvalue weighted by Gasteiger charge is -2.27. The Hall–Kier alpha value is -1.55. The van der Waals surface area contributed by atoms with Gasteiger partial charge in [0.15, 0.2) is 0 Å². The van der Waals surface area contributed by atoms with Crippen molar-refractivity contribution in [1.82, 2.24) is 0 Å². The van der Waals surface area contributed by atoms with Gasteiger partial charge in [-0.05, 0) is 51.5 Å². The first kappa shape index (κ1) is 15.5. The van der Waals surface area contributed by atoms with Gasteiger partial charge in [0.2, 0.25) is 0 Å². The predicted octanol–water partition coefficient (Wildman–Crippen LogP) is 3.09. The van der Waals surface area contributed by atoms with Crippen LogP contribution >= 0.6 is 0 Å². The number of rotatable bonds is 6. The van der Waals surface area contributed by atoms with E-state index in [4.69, 9.17) is 4.74 Å². The molecule has 1 atom stereocenters. The maximum absolute atomic E-state index is 11.3. The van der Waals surface area contributed by atoms with E-state index in [0.29, 0.717) is 5.56 Å². The lowest BCUT2D eigenvalue weighted by Crippen LogP contribution is -2.31. The highest BCUT2D eigenvalue weighted by molar-refractivity contribution is 5.89. The molecule has 4 nitrogen and oxygen atoms in total. The first-order valence-electron chi connectivity index (χ1n) is 6.38. The zero-order valence-electron chi connectivity index (χ0n) is 12.3. The molecule has 0 amide bonds. The van der Waals surface area contributed by atoms with Gasteiger partial charge in [-0.1, -0.05) is 0 Å². The molecule has 19 heavy (non-hydrogen) atoms. The van der Waals surface area contributed by atoms with Crippen molar-refractivity contribution in [3.8, 4) is 0 Å². The zero-order chi connectivity index (χ0) is 14.5. The lowest BCUT2D eigenvalue weighted by molar-refractivity contribution is 0.0128. The Morgan fingerprint density at radius 2 is 1.84 bits per heavy atom. The number of methoxy groups -OCH3 is 2. The molecule has 0 fully saturated rings. The molecule has 0 aliphatic carbocycles. The fourth-order valence-electron chi connectivity index (χ4n) is 1.98. The molecule has 1 aromatic rings. The summed E-state index contributed by atoms with van der Waals surface area (Å²) in [4.78, 5) is 11.3. The Morgan fingerprint density at radius 3 is 2.32 bits per heavy atom. The highest BCUT2D eigenvalue weighted by Crippen LogP contribution is 2.19. The molecule has 0 aliphatic rings. The van der Waals surface area contributed by atoms with Crippen molar-refractivity contribution < 1.29 is 14.3 Å². The van der Waals surface area contributed by atoms with Crippen LogP contribution in [-0.2, 0) is 9.47 Å². The maximum Gasteiger partial charge on any atom is 0.337 e. The fraction of sp³-hybridized carbons (Fsp3) is 0.533. The number of esters is 1. The molecule has 0 heterocycles. The number of anilines is 1. The largest absolute Gasteiger partial charge is 0.465 e. The van der Waals surface area contributed by atoms with E-state index in [-0.39, 0.29) is 17.6 Å². The second-order valence-corrected chi connectivity index (χ2v) is 5.28. The van der Waals surface area contributed by atoms with E-state index in [1.54, 1.807) is 19.2 Å². The summed E-state index contributed by atoms with van der Waals surface area (Å²) in [5.41, 5.74) is 1.38. The van der Waals surface area contributed by atoms with Gasteiger partial charge in [-0.3, -0.25) is 0 Å². The van der Waals surface area contributed by atoms with Gasteiger partial charge in [-0.15, -0.1) is 0 Å². The maximum atomic E-state index is 11.3. The van der Waals surface area contributed by atoms with E-state index in [1.165, 1.54) is 7.11 Å². The molecule has 0 aromatic heterocycles. The van der Waals surface area contributed by atoms with E-state index < -0.39 is 0 Å². The molecule has 4 heteroatoms. The van der Waals surface area contributed by atoms with Crippen molar-refractivity contribution in [2.45, 2.75) is 38.8 Å². The van der Waals surface area contributed by atoms with E-state index >= 15 is 0 Å². The van der Waals surface area contributed by atoms with Crippen LogP contribution in [0.2, 0.25) is 0 Å². The summed E-state index contributed by atoms with van der Waals surface area (Å²) in [6, 6.07) is 7.54. The topological polar surface area (TPSA) is 47.6 Å². The first-order chi connectivity index (χ1) is 8.88. The number of ether oxygens (including phenoxy) is 2. The van der Waals surface area contributed by atoms with Crippen LogP contribution < -0.4 is 5.32 Å². The molecule has 1 rings (SSSR count). The standard InChI is InChI=1S/C15H23NO3/c1-11(10-15(2,3)19-5)16-13-8-6-12(7-9-13)14(17)18-4/h6-9,11,16H,10H2,1-5H3. The Bertz CT molecular complexity index is 412. The fourth-order valence-corrected chi connectivity index (χ4v) is 1.98. The highest BCUT2D eigenvalue weighted by atomic mass is 16.5. The smallest absolute Gasteiger partial charge is 0.337 e. The van der Waals surface area contributed by atoms with Gasteiger partial charge in [-0.2, -0.15) is 0 Å². The Balaban J connectivity index is 2.60.